The summed E-state index contributed by atoms with van der Waals surface area (Å²) in [4.78, 5) is 0.0656. The fraction of sp³-hybridized carbons (Fsp3) is 0.0667. The number of benzene rings is 2. The van der Waals surface area contributed by atoms with Gasteiger partial charge >= 0.3 is 10.1 Å². The number of hydrogen-bond donors (Lipinski definition) is 0. The Labute approximate surface area is 162 Å². The van der Waals surface area contributed by atoms with Crippen molar-refractivity contribution in [3.05, 3.63) is 66.8 Å². The van der Waals surface area contributed by atoms with Gasteiger partial charge in [-0.2, -0.15) is 8.42 Å². The Morgan fingerprint density at radius 1 is 1.18 bits per heavy atom. The minimum atomic E-state index is -3.91. The van der Waals surface area contributed by atoms with Crippen LogP contribution < -0.4 is 4.18 Å². The molecule has 0 fully saturated rings. The fourth-order valence-electron chi connectivity index (χ4n) is 1.77. The molecule has 3 nitrogen and oxygen atoms in total. The second-order valence-electron chi connectivity index (χ2n) is 4.36. The first kappa shape index (κ1) is 18.0. The lowest BCUT2D eigenvalue weighted by Crippen LogP contribution is -2.12. The third-order valence-corrected chi connectivity index (χ3v) is 5.66. The van der Waals surface area contributed by atoms with Gasteiger partial charge in [0.25, 0.3) is 0 Å². The molecule has 7 heteroatoms. The van der Waals surface area contributed by atoms with E-state index in [2.05, 4.69) is 51.8 Å². The van der Waals surface area contributed by atoms with E-state index in [-0.39, 0.29) is 4.90 Å². The maximum Gasteiger partial charge on any atom is 0.339 e. The minimum absolute atomic E-state index is 0.0656. The van der Waals surface area contributed by atoms with Crippen LogP contribution in [-0.4, -0.2) is 8.42 Å². The zero-order valence-corrected chi connectivity index (χ0v) is 17.1. The van der Waals surface area contributed by atoms with Crippen molar-refractivity contribution < 1.29 is 12.6 Å². The van der Waals surface area contributed by atoms with E-state index in [9.17, 15) is 8.42 Å². The van der Waals surface area contributed by atoms with Crippen LogP contribution in [0.2, 0.25) is 5.02 Å². The number of hydrogen-bond acceptors (Lipinski definition) is 3. The third kappa shape index (κ3) is 4.36. The maximum absolute atomic E-state index is 12.4. The summed E-state index contributed by atoms with van der Waals surface area (Å²) in [5, 5.41) is 0.468. The van der Waals surface area contributed by atoms with Gasteiger partial charge in [-0.1, -0.05) is 17.7 Å². The van der Waals surface area contributed by atoms with Crippen molar-refractivity contribution in [2.45, 2.75) is 11.3 Å². The molecule has 0 N–H and O–H groups in total. The molecule has 0 unspecified atom stereocenters. The molecule has 0 heterocycles. The van der Waals surface area contributed by atoms with Crippen LogP contribution in [-0.2, 0) is 16.5 Å². The van der Waals surface area contributed by atoms with Gasteiger partial charge in [0, 0.05) is 14.2 Å². The Kier molecular flexibility index (Phi) is 6.14. The van der Waals surface area contributed by atoms with Gasteiger partial charge in [-0.05, 0) is 88.0 Å². The van der Waals surface area contributed by atoms with Crippen LogP contribution in [0.3, 0.4) is 0 Å². The standard InChI is InChI=1S/C15H11ClI2O3S/c1-2-3-10-8-12(17)9-14(18)15(10)21-22(19,20)13-6-4-11(16)5-7-13/h2,4-9H,1,3H2. The highest BCUT2D eigenvalue weighted by molar-refractivity contribution is 14.1. The SMILES string of the molecule is C=CCc1cc(I)cc(I)c1OS(=O)(=O)c1ccc(Cl)cc1. The van der Waals surface area contributed by atoms with Crippen molar-refractivity contribution in [1.82, 2.24) is 0 Å². The summed E-state index contributed by atoms with van der Waals surface area (Å²) in [6.07, 6.45) is 2.24. The lowest BCUT2D eigenvalue weighted by molar-refractivity contribution is 0.481. The zero-order valence-electron chi connectivity index (χ0n) is 11.2. The van der Waals surface area contributed by atoms with Crippen LogP contribution in [0.25, 0.3) is 0 Å². The van der Waals surface area contributed by atoms with Crippen molar-refractivity contribution in [2.24, 2.45) is 0 Å². The molecule has 2 aromatic rings. The highest BCUT2D eigenvalue weighted by Gasteiger charge is 2.20. The Morgan fingerprint density at radius 2 is 1.82 bits per heavy atom. The van der Waals surface area contributed by atoms with Gasteiger partial charge in [0.1, 0.15) is 4.90 Å². The van der Waals surface area contributed by atoms with E-state index in [0.717, 1.165) is 12.7 Å². The molecule has 2 rings (SSSR count). The molecule has 0 aromatic heterocycles. The molecule has 2 aromatic carbocycles. The quantitative estimate of drug-likeness (QED) is 0.292. The molecule has 0 saturated heterocycles. The summed E-state index contributed by atoms with van der Waals surface area (Å²) >= 11 is 10.0. The van der Waals surface area contributed by atoms with Gasteiger partial charge in [-0.25, -0.2) is 0 Å². The van der Waals surface area contributed by atoms with Crippen molar-refractivity contribution in [3.63, 3.8) is 0 Å². The van der Waals surface area contributed by atoms with Crippen LogP contribution in [0.5, 0.6) is 5.75 Å². The molecule has 0 bridgehead atoms. The van der Waals surface area contributed by atoms with Crippen molar-refractivity contribution in [2.75, 3.05) is 0 Å². The van der Waals surface area contributed by atoms with Gasteiger partial charge in [0.15, 0.2) is 5.75 Å². The number of allylic oxidation sites excluding steroid dienone is 1. The Hall–Kier alpha value is -0.320. The summed E-state index contributed by atoms with van der Waals surface area (Å²) in [5.74, 6) is 0.343. The molecule has 0 aliphatic heterocycles. The van der Waals surface area contributed by atoms with Crippen molar-refractivity contribution in [1.29, 1.82) is 0 Å². The first-order valence-electron chi connectivity index (χ1n) is 6.12. The molecule has 116 valence electrons. The van der Waals surface area contributed by atoms with Gasteiger partial charge < -0.3 is 4.18 Å². The van der Waals surface area contributed by atoms with Gasteiger partial charge in [0.2, 0.25) is 0 Å². The first-order valence-corrected chi connectivity index (χ1v) is 10.1. The van der Waals surface area contributed by atoms with E-state index in [4.69, 9.17) is 15.8 Å². The predicted molar refractivity (Wildman–Crippen MR) is 105 cm³/mol. The van der Waals surface area contributed by atoms with E-state index >= 15 is 0 Å². The second kappa shape index (κ2) is 7.50. The monoisotopic (exact) mass is 560 g/mol. The molecule has 0 aliphatic rings. The predicted octanol–water partition coefficient (Wildman–Crippen LogP) is 5.05. The van der Waals surface area contributed by atoms with E-state index < -0.39 is 10.1 Å². The van der Waals surface area contributed by atoms with Crippen molar-refractivity contribution in [3.8, 4) is 5.75 Å². The molecule has 0 amide bonds. The molecule has 0 radical (unpaired) electrons. The lowest BCUT2D eigenvalue weighted by atomic mass is 10.1. The normalized spacial score (nSPS) is 11.2. The number of halogens is 3. The van der Waals surface area contributed by atoms with E-state index in [1.165, 1.54) is 24.3 Å². The Bertz CT molecular complexity index is 802. The summed E-state index contributed by atoms with van der Waals surface area (Å²) in [6, 6.07) is 9.62. The summed E-state index contributed by atoms with van der Waals surface area (Å²) < 4.78 is 31.9. The largest absolute Gasteiger partial charge is 0.378 e. The molecule has 0 saturated carbocycles. The van der Waals surface area contributed by atoms with Crippen LogP contribution in [0.4, 0.5) is 0 Å². The molecule has 0 spiro atoms. The zero-order chi connectivity index (χ0) is 16.3. The van der Waals surface area contributed by atoms with Crippen molar-refractivity contribution >= 4 is 66.9 Å². The summed E-state index contributed by atoms with van der Waals surface area (Å²) in [5.41, 5.74) is 0.781. The van der Waals surface area contributed by atoms with E-state index in [0.29, 0.717) is 17.2 Å². The van der Waals surface area contributed by atoms with Crippen LogP contribution in [0.1, 0.15) is 5.56 Å². The second-order valence-corrected chi connectivity index (χ2v) is 8.75. The third-order valence-electron chi connectivity index (χ3n) is 2.74. The summed E-state index contributed by atoms with van der Waals surface area (Å²) in [7, 11) is -3.91. The lowest BCUT2D eigenvalue weighted by Gasteiger charge is -2.13. The van der Waals surface area contributed by atoms with E-state index in [1.54, 1.807) is 6.08 Å². The van der Waals surface area contributed by atoms with Gasteiger partial charge in [-0.15, -0.1) is 6.58 Å². The smallest absolute Gasteiger partial charge is 0.339 e. The maximum atomic E-state index is 12.4. The highest BCUT2D eigenvalue weighted by atomic mass is 127. The number of rotatable bonds is 5. The Balaban J connectivity index is 2.45. The van der Waals surface area contributed by atoms with Crippen LogP contribution >= 0.6 is 56.8 Å². The molecule has 22 heavy (non-hydrogen) atoms. The molecular formula is C15H11ClI2O3S. The minimum Gasteiger partial charge on any atom is -0.378 e. The van der Waals surface area contributed by atoms with Crippen LogP contribution in [0, 0.1) is 7.14 Å². The molecular weight excluding hydrogens is 549 g/mol. The highest BCUT2D eigenvalue weighted by Crippen LogP contribution is 2.31. The fourth-order valence-corrected chi connectivity index (χ4v) is 5.11. The van der Waals surface area contributed by atoms with E-state index in [1.807, 2.05) is 12.1 Å². The first-order chi connectivity index (χ1) is 10.3. The molecule has 0 aliphatic carbocycles. The summed E-state index contributed by atoms with van der Waals surface area (Å²) in [6.45, 7) is 3.70. The topological polar surface area (TPSA) is 43.4 Å². The van der Waals surface area contributed by atoms with Gasteiger partial charge in [0.05, 0.1) is 3.57 Å². The van der Waals surface area contributed by atoms with Gasteiger partial charge in [-0.3, -0.25) is 0 Å². The molecule has 0 atom stereocenters. The Morgan fingerprint density at radius 3 is 2.41 bits per heavy atom. The van der Waals surface area contributed by atoms with Crippen LogP contribution in [0.15, 0.2) is 53.9 Å². The average molecular weight is 561 g/mol. The average Bonchev–Trinajstić information content (AvgIpc) is 2.43.